The predicted octanol–water partition coefficient (Wildman–Crippen LogP) is 2.74. The zero-order valence-electron chi connectivity index (χ0n) is 14.6. The van der Waals surface area contributed by atoms with Crippen LogP contribution in [0.15, 0.2) is 39.9 Å². The molecule has 0 spiro atoms. The van der Waals surface area contributed by atoms with Crippen LogP contribution in [0.3, 0.4) is 0 Å². The Labute approximate surface area is 156 Å². The monoisotopic (exact) mass is 371 g/mol. The number of carboxylic acid groups (broad SMARTS) is 1. The minimum atomic E-state index is -0.916. The number of hydrogen-bond donors (Lipinski definition) is 1. The number of hydrogen-bond acceptors (Lipinski definition) is 5. The van der Waals surface area contributed by atoms with Crippen molar-refractivity contribution in [2.75, 3.05) is 26.2 Å². The van der Waals surface area contributed by atoms with Crippen LogP contribution in [0.4, 0.5) is 0 Å². The molecule has 0 bridgehead atoms. The Morgan fingerprint density at radius 1 is 1.23 bits per heavy atom. The maximum Gasteiger partial charge on any atom is 0.335 e. The number of rotatable bonds is 3. The normalized spacial score (nSPS) is 22.5. The van der Waals surface area contributed by atoms with Crippen molar-refractivity contribution in [3.05, 3.63) is 46.0 Å². The molecule has 1 atom stereocenters. The smallest absolute Gasteiger partial charge is 0.335 e. The van der Waals surface area contributed by atoms with E-state index in [1.54, 1.807) is 12.1 Å². The molecule has 0 radical (unpaired) electrons. The molecule has 1 aromatic rings. The van der Waals surface area contributed by atoms with Crippen LogP contribution in [0, 0.1) is 0 Å². The van der Waals surface area contributed by atoms with Gasteiger partial charge in [-0.25, -0.2) is 4.79 Å². The third-order valence-corrected chi connectivity index (χ3v) is 6.47. The fourth-order valence-corrected chi connectivity index (χ4v) is 4.94. The quantitative estimate of drug-likeness (QED) is 0.884. The summed E-state index contributed by atoms with van der Waals surface area (Å²) in [4.78, 5) is 33.4. The molecule has 136 valence electrons. The minimum Gasteiger partial charge on any atom is -0.478 e. The molecule has 4 rings (SSSR count). The van der Waals surface area contributed by atoms with Crippen LogP contribution in [0.25, 0.3) is 0 Å². The second-order valence-electron chi connectivity index (χ2n) is 6.85. The molecule has 1 amide bonds. The molecular formula is C19H21N3O3S. The van der Waals surface area contributed by atoms with E-state index in [0.717, 1.165) is 53.8 Å². The molecule has 1 saturated heterocycles. The number of carbonyl (C=O) groups is 2. The second kappa shape index (κ2) is 6.79. The van der Waals surface area contributed by atoms with Crippen molar-refractivity contribution in [2.45, 2.75) is 25.7 Å². The van der Waals surface area contributed by atoms with Gasteiger partial charge in [-0.1, -0.05) is 12.1 Å². The number of fused-ring (bicyclic) bond motifs is 1. The zero-order valence-corrected chi connectivity index (χ0v) is 15.5. The van der Waals surface area contributed by atoms with E-state index in [0.29, 0.717) is 12.1 Å². The number of aliphatic imine (C=N–C) groups is 1. The van der Waals surface area contributed by atoms with Crippen LogP contribution in [-0.4, -0.2) is 58.1 Å². The number of thioether (sulfide) groups is 1. The molecule has 3 heterocycles. The van der Waals surface area contributed by atoms with Gasteiger partial charge in [-0.3, -0.25) is 9.79 Å². The zero-order chi connectivity index (χ0) is 18.3. The van der Waals surface area contributed by atoms with Crippen LogP contribution < -0.4 is 0 Å². The summed E-state index contributed by atoms with van der Waals surface area (Å²) < 4.78 is 0. The summed E-state index contributed by atoms with van der Waals surface area (Å²) in [5.41, 5.74) is 2.41. The van der Waals surface area contributed by atoms with Gasteiger partial charge in [0.2, 0.25) is 0 Å². The van der Waals surface area contributed by atoms with E-state index in [-0.39, 0.29) is 11.8 Å². The number of nitrogens with zero attached hydrogens (tertiary/aromatic N) is 3. The summed E-state index contributed by atoms with van der Waals surface area (Å²) in [6, 6.07) is 7.04. The SMILES string of the molecule is CC1=C(C(=O)N2CCCC(c3ccc(C(=O)O)cc3)C2)SC2=NCCN21. The molecule has 0 aromatic heterocycles. The van der Waals surface area contributed by atoms with Gasteiger partial charge < -0.3 is 14.9 Å². The third-order valence-electron chi connectivity index (χ3n) is 5.26. The number of aromatic carboxylic acids is 1. The van der Waals surface area contributed by atoms with E-state index < -0.39 is 5.97 Å². The van der Waals surface area contributed by atoms with Crippen molar-refractivity contribution in [3.8, 4) is 0 Å². The molecule has 26 heavy (non-hydrogen) atoms. The van der Waals surface area contributed by atoms with Crippen molar-refractivity contribution in [3.63, 3.8) is 0 Å². The number of amidine groups is 1. The minimum absolute atomic E-state index is 0.0939. The maximum atomic E-state index is 13.1. The van der Waals surface area contributed by atoms with E-state index in [2.05, 4.69) is 9.89 Å². The van der Waals surface area contributed by atoms with Crippen LogP contribution in [0.1, 0.15) is 41.6 Å². The number of carbonyl (C=O) groups excluding carboxylic acids is 1. The first-order valence-corrected chi connectivity index (χ1v) is 9.69. The topological polar surface area (TPSA) is 73.2 Å². The highest BCUT2D eigenvalue weighted by atomic mass is 32.2. The van der Waals surface area contributed by atoms with Crippen molar-refractivity contribution in [1.82, 2.24) is 9.80 Å². The van der Waals surface area contributed by atoms with Crippen molar-refractivity contribution >= 4 is 28.8 Å². The molecule has 1 N–H and O–H groups in total. The molecule has 0 aliphatic carbocycles. The summed E-state index contributed by atoms with van der Waals surface area (Å²) in [5.74, 6) is -0.572. The molecule has 1 unspecified atom stereocenters. The highest BCUT2D eigenvalue weighted by Gasteiger charge is 2.36. The van der Waals surface area contributed by atoms with E-state index >= 15 is 0 Å². The predicted molar refractivity (Wildman–Crippen MR) is 101 cm³/mol. The van der Waals surface area contributed by atoms with Gasteiger partial charge in [0.15, 0.2) is 5.17 Å². The lowest BCUT2D eigenvalue weighted by molar-refractivity contribution is -0.127. The Morgan fingerprint density at radius 3 is 2.69 bits per heavy atom. The first-order valence-electron chi connectivity index (χ1n) is 8.88. The summed E-state index contributed by atoms with van der Waals surface area (Å²) in [7, 11) is 0. The van der Waals surface area contributed by atoms with Crippen LogP contribution in [-0.2, 0) is 4.79 Å². The Balaban J connectivity index is 1.48. The Kier molecular flexibility index (Phi) is 4.48. The lowest BCUT2D eigenvalue weighted by Gasteiger charge is -2.33. The molecule has 7 heteroatoms. The fraction of sp³-hybridized carbons (Fsp3) is 0.421. The number of carboxylic acids is 1. The number of allylic oxidation sites excluding steroid dienone is 1. The van der Waals surface area contributed by atoms with Gasteiger partial charge >= 0.3 is 5.97 Å². The molecule has 1 aromatic carbocycles. The number of piperidine rings is 1. The Hall–Kier alpha value is -2.28. The average molecular weight is 371 g/mol. The summed E-state index contributed by atoms with van der Waals surface area (Å²) in [6.07, 6.45) is 1.97. The Morgan fingerprint density at radius 2 is 2.00 bits per heavy atom. The van der Waals surface area contributed by atoms with Gasteiger partial charge in [-0.05, 0) is 49.2 Å². The van der Waals surface area contributed by atoms with Gasteiger partial charge in [0.05, 0.1) is 17.0 Å². The lowest BCUT2D eigenvalue weighted by Crippen LogP contribution is -2.39. The number of amides is 1. The van der Waals surface area contributed by atoms with Gasteiger partial charge in [-0.2, -0.15) is 0 Å². The van der Waals surface area contributed by atoms with Gasteiger partial charge in [0.1, 0.15) is 0 Å². The van der Waals surface area contributed by atoms with Gasteiger partial charge in [-0.15, -0.1) is 0 Å². The van der Waals surface area contributed by atoms with Crippen LogP contribution in [0.5, 0.6) is 0 Å². The van der Waals surface area contributed by atoms with Crippen molar-refractivity contribution < 1.29 is 14.7 Å². The summed E-state index contributed by atoms with van der Waals surface area (Å²) in [6.45, 7) is 5.12. The van der Waals surface area contributed by atoms with Crippen LogP contribution in [0.2, 0.25) is 0 Å². The standard InChI is InChI=1S/C19H21N3O3S/c1-12-16(26-19-20-8-10-22(12)19)17(23)21-9-2-3-15(11-21)13-4-6-14(7-5-13)18(24)25/h4-7,15H,2-3,8-11H2,1H3,(H,24,25). The van der Waals surface area contributed by atoms with Gasteiger partial charge in [0, 0.05) is 31.2 Å². The summed E-state index contributed by atoms with van der Waals surface area (Å²) in [5, 5.41) is 9.99. The largest absolute Gasteiger partial charge is 0.478 e. The molecule has 3 aliphatic rings. The first-order chi connectivity index (χ1) is 12.5. The summed E-state index contributed by atoms with van der Waals surface area (Å²) >= 11 is 1.49. The molecule has 1 fully saturated rings. The fourth-order valence-electron chi connectivity index (χ4n) is 3.79. The lowest BCUT2D eigenvalue weighted by atomic mass is 9.90. The van der Waals surface area contributed by atoms with Crippen LogP contribution >= 0.6 is 11.8 Å². The second-order valence-corrected chi connectivity index (χ2v) is 7.83. The average Bonchev–Trinajstić information content (AvgIpc) is 3.24. The molecular weight excluding hydrogens is 350 g/mol. The van der Waals surface area contributed by atoms with E-state index in [4.69, 9.17) is 5.11 Å². The highest BCUT2D eigenvalue weighted by molar-refractivity contribution is 8.18. The van der Waals surface area contributed by atoms with E-state index in [9.17, 15) is 9.59 Å². The van der Waals surface area contributed by atoms with Gasteiger partial charge in [0.25, 0.3) is 5.91 Å². The third kappa shape index (κ3) is 3.00. The van der Waals surface area contributed by atoms with E-state index in [1.807, 2.05) is 24.0 Å². The molecule has 0 saturated carbocycles. The van der Waals surface area contributed by atoms with Crippen molar-refractivity contribution in [1.29, 1.82) is 0 Å². The first kappa shape index (κ1) is 17.1. The maximum absolute atomic E-state index is 13.1. The van der Waals surface area contributed by atoms with Crippen molar-refractivity contribution in [2.24, 2.45) is 4.99 Å². The van der Waals surface area contributed by atoms with E-state index in [1.165, 1.54) is 11.8 Å². The molecule has 6 nitrogen and oxygen atoms in total. The number of benzene rings is 1. The highest BCUT2D eigenvalue weighted by Crippen LogP contribution is 2.38. The molecule has 3 aliphatic heterocycles. The Bertz CT molecular complexity index is 816. The number of likely N-dealkylation sites (tertiary alicyclic amines) is 1.